The molecule has 11 rings (SSSR count). The maximum absolute atomic E-state index is 6.73. The Morgan fingerprint density at radius 2 is 1.06 bits per heavy atom. The van der Waals surface area contributed by atoms with E-state index in [1.54, 1.807) is 0 Å². The zero-order valence-electron chi connectivity index (χ0n) is 27.6. The van der Waals surface area contributed by atoms with E-state index in [-0.39, 0.29) is 0 Å². The molecule has 9 aromatic carbocycles. The van der Waals surface area contributed by atoms with Crippen molar-refractivity contribution in [1.29, 1.82) is 0 Å². The average molecular weight is 651 g/mol. The number of nitrogens with zero attached hydrogens (tertiary/aromatic N) is 2. The van der Waals surface area contributed by atoms with Crippen molar-refractivity contribution in [2.45, 2.75) is 0 Å². The van der Waals surface area contributed by atoms with Gasteiger partial charge < -0.3 is 14.2 Å². The zero-order valence-corrected chi connectivity index (χ0v) is 27.6. The second-order valence-electron chi connectivity index (χ2n) is 13.3. The molecule has 2 heterocycles. The van der Waals surface area contributed by atoms with Crippen molar-refractivity contribution in [1.82, 2.24) is 4.57 Å². The Morgan fingerprint density at radius 1 is 0.392 bits per heavy atom. The van der Waals surface area contributed by atoms with Crippen molar-refractivity contribution >= 4 is 71.2 Å². The summed E-state index contributed by atoms with van der Waals surface area (Å²) < 4.78 is 9.11. The first kappa shape index (κ1) is 28.0. The summed E-state index contributed by atoms with van der Waals surface area (Å²) in [5, 5.41) is 9.67. The Labute approximate surface area is 294 Å². The van der Waals surface area contributed by atoms with Crippen molar-refractivity contribution < 1.29 is 4.74 Å². The van der Waals surface area contributed by atoms with Crippen LogP contribution in [-0.4, -0.2) is 4.57 Å². The van der Waals surface area contributed by atoms with Crippen LogP contribution in [0.3, 0.4) is 0 Å². The largest absolute Gasteiger partial charge is 0.456 e. The van der Waals surface area contributed by atoms with Gasteiger partial charge in [-0.05, 0) is 81.7 Å². The van der Waals surface area contributed by atoms with E-state index in [4.69, 9.17) is 4.74 Å². The van der Waals surface area contributed by atoms with Gasteiger partial charge in [0.1, 0.15) is 11.5 Å². The molecule has 0 amide bonds. The van der Waals surface area contributed by atoms with Crippen molar-refractivity contribution in [3.63, 3.8) is 0 Å². The SMILES string of the molecule is c1ccc(-n2c3ccccc3c3ccc(N(c4ccc5c(c4)Oc4cccc6cccc-5c46)c4cc5ccccc5c5ccccc45)cc32)cc1. The Hall–Kier alpha value is -6.84. The molecule has 0 bridgehead atoms. The highest BCUT2D eigenvalue weighted by Gasteiger charge is 2.24. The molecule has 0 radical (unpaired) electrons. The predicted molar refractivity (Wildman–Crippen MR) is 213 cm³/mol. The third-order valence-corrected chi connectivity index (χ3v) is 10.5. The van der Waals surface area contributed by atoms with Gasteiger partial charge in [-0.1, -0.05) is 121 Å². The van der Waals surface area contributed by atoms with Gasteiger partial charge in [-0.25, -0.2) is 0 Å². The van der Waals surface area contributed by atoms with Gasteiger partial charge in [-0.15, -0.1) is 0 Å². The number of fused-ring (bicyclic) bond motifs is 8. The van der Waals surface area contributed by atoms with Gasteiger partial charge >= 0.3 is 0 Å². The second-order valence-corrected chi connectivity index (χ2v) is 13.3. The van der Waals surface area contributed by atoms with Gasteiger partial charge in [0.15, 0.2) is 0 Å². The molecule has 1 aromatic heterocycles. The number of aromatic nitrogens is 1. The summed E-state index contributed by atoms with van der Waals surface area (Å²) in [5.74, 6) is 1.75. The van der Waals surface area contributed by atoms with Crippen molar-refractivity contribution in [3.8, 4) is 28.3 Å². The van der Waals surface area contributed by atoms with Crippen molar-refractivity contribution in [2.24, 2.45) is 0 Å². The van der Waals surface area contributed by atoms with Crippen molar-refractivity contribution in [3.05, 3.63) is 182 Å². The first-order valence-electron chi connectivity index (χ1n) is 17.4. The number of hydrogen-bond donors (Lipinski definition) is 0. The van der Waals surface area contributed by atoms with E-state index >= 15 is 0 Å². The Balaban J connectivity index is 1.20. The molecular formula is C48H30N2O. The number of benzene rings is 9. The highest BCUT2D eigenvalue weighted by molar-refractivity contribution is 6.16. The number of rotatable bonds is 4. The molecule has 1 aliphatic rings. The van der Waals surface area contributed by atoms with Crippen LogP contribution in [0.25, 0.3) is 70.9 Å². The fourth-order valence-electron chi connectivity index (χ4n) is 8.29. The molecule has 10 aromatic rings. The van der Waals surface area contributed by atoms with Gasteiger partial charge in [-0.2, -0.15) is 0 Å². The van der Waals surface area contributed by atoms with E-state index in [9.17, 15) is 0 Å². The van der Waals surface area contributed by atoms with E-state index in [1.807, 2.05) is 0 Å². The second kappa shape index (κ2) is 10.8. The molecule has 0 saturated carbocycles. The molecule has 51 heavy (non-hydrogen) atoms. The van der Waals surface area contributed by atoms with Crippen LogP contribution in [0.5, 0.6) is 11.5 Å². The van der Waals surface area contributed by atoms with Crippen LogP contribution in [-0.2, 0) is 0 Å². The Bertz CT molecular complexity index is 3010. The van der Waals surface area contributed by atoms with E-state index in [2.05, 4.69) is 191 Å². The predicted octanol–water partition coefficient (Wildman–Crippen LogP) is 13.5. The summed E-state index contributed by atoms with van der Waals surface area (Å²) in [7, 11) is 0. The molecule has 0 fully saturated rings. The number of hydrogen-bond acceptors (Lipinski definition) is 2. The summed E-state index contributed by atoms with van der Waals surface area (Å²) in [6.45, 7) is 0. The first-order chi connectivity index (χ1) is 25.3. The lowest BCUT2D eigenvalue weighted by molar-refractivity contribution is 0.487. The topological polar surface area (TPSA) is 17.4 Å². The van der Waals surface area contributed by atoms with Crippen LogP contribution < -0.4 is 9.64 Å². The minimum absolute atomic E-state index is 0.855. The molecule has 0 aliphatic carbocycles. The van der Waals surface area contributed by atoms with Gasteiger partial charge in [0.25, 0.3) is 0 Å². The maximum atomic E-state index is 6.73. The van der Waals surface area contributed by atoms with E-state index in [0.29, 0.717) is 0 Å². The van der Waals surface area contributed by atoms with Crippen molar-refractivity contribution in [2.75, 3.05) is 4.90 Å². The minimum Gasteiger partial charge on any atom is -0.456 e. The van der Waals surface area contributed by atoms with E-state index in [0.717, 1.165) is 50.7 Å². The van der Waals surface area contributed by atoms with Gasteiger partial charge in [-0.3, -0.25) is 0 Å². The molecule has 1 aliphatic heterocycles. The highest BCUT2D eigenvalue weighted by Crippen LogP contribution is 2.50. The number of anilines is 3. The maximum Gasteiger partial charge on any atom is 0.137 e. The minimum atomic E-state index is 0.855. The van der Waals surface area contributed by atoms with E-state index < -0.39 is 0 Å². The quantitative estimate of drug-likeness (QED) is 0.176. The fraction of sp³-hybridized carbons (Fsp3) is 0. The van der Waals surface area contributed by atoms with Gasteiger partial charge in [0.05, 0.1) is 16.7 Å². The van der Waals surface area contributed by atoms with Crippen LogP contribution in [0.1, 0.15) is 0 Å². The van der Waals surface area contributed by atoms with Crippen LogP contribution in [0.4, 0.5) is 17.1 Å². The molecule has 238 valence electrons. The lowest BCUT2D eigenvalue weighted by Gasteiger charge is -2.29. The summed E-state index contributed by atoms with van der Waals surface area (Å²) in [4.78, 5) is 2.41. The van der Waals surface area contributed by atoms with Crippen LogP contribution in [0.2, 0.25) is 0 Å². The van der Waals surface area contributed by atoms with Crippen LogP contribution in [0.15, 0.2) is 182 Å². The standard InChI is InChI=1S/C48H30N2O/c1-2-15-33(16-3-1)50-43-22-9-8-20-39(43)40-26-24-34(29-45(40)50)49(44-28-32-12-4-5-17-36(32)37-18-6-7-19-38(37)44)35-25-27-41-42-21-10-13-31-14-11-23-46(48(31)42)51-47(41)30-35/h1-30H. The summed E-state index contributed by atoms with van der Waals surface area (Å²) in [6, 6.07) is 65.6. The molecule has 0 spiro atoms. The summed E-state index contributed by atoms with van der Waals surface area (Å²) in [6.07, 6.45) is 0. The molecule has 0 atom stereocenters. The molecule has 0 unspecified atom stereocenters. The Morgan fingerprint density at radius 3 is 1.94 bits per heavy atom. The van der Waals surface area contributed by atoms with Gasteiger partial charge in [0, 0.05) is 50.2 Å². The first-order valence-corrected chi connectivity index (χ1v) is 17.4. The zero-order chi connectivity index (χ0) is 33.5. The monoisotopic (exact) mass is 650 g/mol. The fourth-order valence-corrected chi connectivity index (χ4v) is 8.29. The van der Waals surface area contributed by atoms with Gasteiger partial charge in [0.2, 0.25) is 0 Å². The summed E-state index contributed by atoms with van der Waals surface area (Å²) >= 11 is 0. The number of para-hydroxylation sites is 2. The average Bonchev–Trinajstić information content (AvgIpc) is 3.52. The Kier molecular flexibility index (Phi) is 5.96. The molecule has 0 saturated heterocycles. The van der Waals surface area contributed by atoms with Crippen LogP contribution >= 0.6 is 0 Å². The number of ether oxygens (including phenoxy) is 1. The summed E-state index contributed by atoms with van der Waals surface area (Å²) in [5.41, 5.74) is 9.00. The lowest BCUT2D eigenvalue weighted by Crippen LogP contribution is -2.11. The third kappa shape index (κ3) is 4.19. The molecule has 3 heteroatoms. The smallest absolute Gasteiger partial charge is 0.137 e. The molecule has 3 nitrogen and oxygen atoms in total. The lowest BCUT2D eigenvalue weighted by atomic mass is 9.94. The third-order valence-electron chi connectivity index (χ3n) is 10.5. The normalized spacial score (nSPS) is 12.1. The molecule has 0 N–H and O–H groups in total. The van der Waals surface area contributed by atoms with Crippen LogP contribution in [0, 0.1) is 0 Å². The molecular weight excluding hydrogens is 621 g/mol. The van der Waals surface area contributed by atoms with E-state index in [1.165, 1.54) is 48.8 Å². The highest BCUT2D eigenvalue weighted by atomic mass is 16.5.